The Kier molecular flexibility index (Phi) is 4.27. The van der Waals surface area contributed by atoms with E-state index in [4.69, 9.17) is 10.4 Å². The first-order valence-corrected chi connectivity index (χ1v) is 6.18. The van der Waals surface area contributed by atoms with Crippen LogP contribution in [0.4, 0.5) is 10.2 Å². The molecule has 1 heterocycles. The highest BCUT2D eigenvalue weighted by molar-refractivity contribution is 5.50. The van der Waals surface area contributed by atoms with Crippen LogP contribution in [0.5, 0.6) is 0 Å². The number of anilines is 1. The molecule has 0 bridgehead atoms. The quantitative estimate of drug-likeness (QED) is 0.884. The second kappa shape index (κ2) is 6.12. The Hall–Kier alpha value is -2.46. The fourth-order valence-corrected chi connectivity index (χ4v) is 1.81. The maximum atomic E-state index is 12.9. The number of halogens is 1. The van der Waals surface area contributed by atoms with E-state index in [0.717, 1.165) is 0 Å². The highest BCUT2D eigenvalue weighted by Crippen LogP contribution is 2.17. The summed E-state index contributed by atoms with van der Waals surface area (Å²) in [5, 5.41) is 26.5. The molecule has 1 aromatic carbocycles. The molecule has 0 unspecified atom stereocenters. The number of nitrogens with zero attached hydrogens (tertiary/aromatic N) is 5. The molecule has 0 saturated heterocycles. The van der Waals surface area contributed by atoms with E-state index in [-0.39, 0.29) is 18.1 Å². The minimum atomic E-state index is -0.350. The van der Waals surface area contributed by atoms with E-state index in [0.29, 0.717) is 24.6 Å². The molecule has 0 amide bonds. The minimum Gasteiger partial charge on any atom is -0.395 e. The van der Waals surface area contributed by atoms with Gasteiger partial charge in [-0.15, -0.1) is 15.0 Å². The molecule has 6 nitrogen and oxygen atoms in total. The smallest absolute Gasteiger partial charge is 0.207 e. The first-order chi connectivity index (χ1) is 9.69. The number of benzene rings is 1. The van der Waals surface area contributed by atoms with Crippen molar-refractivity contribution in [1.29, 1.82) is 5.26 Å². The van der Waals surface area contributed by atoms with E-state index in [9.17, 15) is 4.39 Å². The average molecular weight is 275 g/mol. The maximum absolute atomic E-state index is 12.9. The predicted molar refractivity (Wildman–Crippen MR) is 71.0 cm³/mol. The summed E-state index contributed by atoms with van der Waals surface area (Å²) in [5.74, 6) is 0.0606. The molecule has 2 aromatic rings. The lowest BCUT2D eigenvalue weighted by atomic mass is 10.3. The summed E-state index contributed by atoms with van der Waals surface area (Å²) in [5.41, 5.74) is 0.735. The molecule has 1 N–H and O–H groups in total. The molecule has 0 spiro atoms. The third-order valence-corrected chi connectivity index (χ3v) is 2.81. The van der Waals surface area contributed by atoms with Gasteiger partial charge < -0.3 is 10.0 Å². The summed E-state index contributed by atoms with van der Waals surface area (Å²) in [6, 6.07) is 7.64. The van der Waals surface area contributed by atoms with Crippen LogP contribution < -0.4 is 4.90 Å². The molecule has 0 aliphatic rings. The number of hydrogen-bond acceptors (Lipinski definition) is 5. The predicted octanol–water partition coefficient (Wildman–Crippen LogP) is 1.10. The summed E-state index contributed by atoms with van der Waals surface area (Å²) in [4.78, 5) is 3.04. The van der Waals surface area contributed by atoms with Gasteiger partial charge in [0.2, 0.25) is 5.69 Å². The van der Waals surface area contributed by atoms with Gasteiger partial charge in [-0.05, 0) is 31.2 Å². The number of aromatic nitrogens is 3. The van der Waals surface area contributed by atoms with E-state index in [1.165, 1.54) is 29.1 Å². The molecule has 1 aromatic heterocycles. The lowest BCUT2D eigenvalue weighted by Crippen LogP contribution is -2.27. The zero-order valence-corrected chi connectivity index (χ0v) is 11.0. The fraction of sp³-hybridized carbons (Fsp3) is 0.308. The summed E-state index contributed by atoms with van der Waals surface area (Å²) >= 11 is 0. The minimum absolute atomic E-state index is 0.0396. The van der Waals surface area contributed by atoms with E-state index in [1.807, 2.05) is 13.0 Å². The van der Waals surface area contributed by atoms with Crippen LogP contribution in [0.1, 0.15) is 12.6 Å². The third kappa shape index (κ3) is 2.75. The number of aliphatic hydroxyl groups is 1. The van der Waals surface area contributed by atoms with Gasteiger partial charge in [-0.25, -0.2) is 4.39 Å². The first-order valence-electron chi connectivity index (χ1n) is 6.18. The topological polar surface area (TPSA) is 78.0 Å². The monoisotopic (exact) mass is 275 g/mol. The van der Waals surface area contributed by atoms with Gasteiger partial charge in [-0.2, -0.15) is 5.26 Å². The number of aliphatic hydroxyl groups excluding tert-OH is 1. The van der Waals surface area contributed by atoms with Crippen molar-refractivity contribution in [3.63, 3.8) is 0 Å². The van der Waals surface area contributed by atoms with Gasteiger partial charge in [-0.3, -0.25) is 0 Å². The van der Waals surface area contributed by atoms with Gasteiger partial charge in [0.05, 0.1) is 12.3 Å². The fourth-order valence-electron chi connectivity index (χ4n) is 1.81. The molecule has 2 rings (SSSR count). The molecular formula is C13H14FN5O. The van der Waals surface area contributed by atoms with Gasteiger partial charge in [0.15, 0.2) is 5.82 Å². The van der Waals surface area contributed by atoms with Gasteiger partial charge in [-0.1, -0.05) is 0 Å². The van der Waals surface area contributed by atoms with Crippen LogP contribution in [-0.4, -0.2) is 39.8 Å². The van der Waals surface area contributed by atoms with Crippen LogP contribution in [0.25, 0.3) is 5.69 Å². The number of nitriles is 1. The van der Waals surface area contributed by atoms with Gasteiger partial charge in [0.1, 0.15) is 11.9 Å². The third-order valence-electron chi connectivity index (χ3n) is 2.81. The average Bonchev–Trinajstić information content (AvgIpc) is 2.89. The summed E-state index contributed by atoms with van der Waals surface area (Å²) in [7, 11) is 0. The van der Waals surface area contributed by atoms with Crippen molar-refractivity contribution in [1.82, 2.24) is 15.0 Å². The lowest BCUT2D eigenvalue weighted by molar-refractivity contribution is 0.302. The van der Waals surface area contributed by atoms with Crippen LogP contribution >= 0.6 is 0 Å². The zero-order valence-electron chi connectivity index (χ0n) is 11.0. The maximum Gasteiger partial charge on any atom is 0.207 e. The summed E-state index contributed by atoms with van der Waals surface area (Å²) in [6.45, 7) is 2.82. The standard InChI is InChI=1S/C13H14FN5O/c1-2-18(7-8-20)13-12(9-15)16-19(17-13)11-5-3-10(14)4-6-11/h3-6,20H,2,7-8H2,1H3. The number of rotatable bonds is 5. The number of likely N-dealkylation sites (N-methyl/N-ethyl adjacent to an activating group) is 1. The Balaban J connectivity index is 2.40. The second-order valence-electron chi connectivity index (χ2n) is 4.05. The molecular weight excluding hydrogens is 261 g/mol. The van der Waals surface area contributed by atoms with Gasteiger partial charge in [0, 0.05) is 13.1 Å². The van der Waals surface area contributed by atoms with E-state index in [1.54, 1.807) is 4.90 Å². The van der Waals surface area contributed by atoms with E-state index < -0.39 is 0 Å². The Morgan fingerprint density at radius 3 is 2.60 bits per heavy atom. The molecule has 0 atom stereocenters. The van der Waals surface area contributed by atoms with Crippen molar-refractivity contribution >= 4 is 5.82 Å². The van der Waals surface area contributed by atoms with Crippen LogP contribution in [0.2, 0.25) is 0 Å². The molecule has 0 fully saturated rings. The van der Waals surface area contributed by atoms with Crippen molar-refractivity contribution in [2.75, 3.05) is 24.6 Å². The van der Waals surface area contributed by atoms with Crippen LogP contribution in [0.3, 0.4) is 0 Å². The lowest BCUT2D eigenvalue weighted by Gasteiger charge is -2.18. The molecule has 0 saturated carbocycles. The zero-order chi connectivity index (χ0) is 14.5. The largest absolute Gasteiger partial charge is 0.395 e. The Bertz CT molecular complexity index is 617. The molecule has 20 heavy (non-hydrogen) atoms. The molecule has 0 aliphatic heterocycles. The molecule has 0 radical (unpaired) electrons. The van der Waals surface area contributed by atoms with E-state index in [2.05, 4.69) is 10.2 Å². The van der Waals surface area contributed by atoms with Crippen LogP contribution in [0.15, 0.2) is 24.3 Å². The van der Waals surface area contributed by atoms with Gasteiger partial charge >= 0.3 is 0 Å². The Morgan fingerprint density at radius 2 is 2.05 bits per heavy atom. The summed E-state index contributed by atoms with van der Waals surface area (Å²) < 4.78 is 12.9. The van der Waals surface area contributed by atoms with Crippen LogP contribution in [0, 0.1) is 17.1 Å². The molecule has 0 aliphatic carbocycles. The van der Waals surface area contributed by atoms with Crippen LogP contribution in [-0.2, 0) is 0 Å². The number of hydrogen-bond donors (Lipinski definition) is 1. The highest BCUT2D eigenvalue weighted by Gasteiger charge is 2.17. The SMILES string of the molecule is CCN(CCO)c1nn(-c2ccc(F)cc2)nc1C#N. The highest BCUT2D eigenvalue weighted by atomic mass is 19.1. The van der Waals surface area contributed by atoms with Crippen molar-refractivity contribution in [2.45, 2.75) is 6.92 Å². The Morgan fingerprint density at radius 1 is 1.35 bits per heavy atom. The van der Waals surface area contributed by atoms with Gasteiger partial charge in [0.25, 0.3) is 0 Å². The molecule has 104 valence electrons. The molecule has 7 heteroatoms. The normalized spacial score (nSPS) is 10.3. The van der Waals surface area contributed by atoms with Crippen molar-refractivity contribution in [2.24, 2.45) is 0 Å². The summed E-state index contributed by atoms with van der Waals surface area (Å²) in [6.07, 6.45) is 0. The van der Waals surface area contributed by atoms with Crippen molar-refractivity contribution < 1.29 is 9.50 Å². The first kappa shape index (κ1) is 14.0. The second-order valence-corrected chi connectivity index (χ2v) is 4.05. The van der Waals surface area contributed by atoms with E-state index >= 15 is 0 Å². The van der Waals surface area contributed by atoms with Crippen molar-refractivity contribution in [3.05, 3.63) is 35.8 Å². The Labute approximate surface area is 115 Å². The van der Waals surface area contributed by atoms with Crippen molar-refractivity contribution in [3.8, 4) is 11.8 Å².